The van der Waals surface area contributed by atoms with E-state index in [2.05, 4.69) is 23.5 Å². The fraction of sp³-hybridized carbons (Fsp3) is 0.357. The first-order valence-corrected chi connectivity index (χ1v) is 6.32. The van der Waals surface area contributed by atoms with Crippen molar-refractivity contribution in [1.82, 2.24) is 9.88 Å². The second-order valence-corrected chi connectivity index (χ2v) is 4.96. The van der Waals surface area contributed by atoms with E-state index in [1.165, 1.54) is 18.4 Å². The highest BCUT2D eigenvalue weighted by molar-refractivity contribution is 5.83. The number of nitrogens with zero attached hydrogens (tertiary/aromatic N) is 1. The lowest BCUT2D eigenvalue weighted by atomic mass is 10.1. The molecule has 1 aliphatic carbocycles. The van der Waals surface area contributed by atoms with Gasteiger partial charge < -0.3 is 15.6 Å². The highest BCUT2D eigenvalue weighted by atomic mass is 16.1. The van der Waals surface area contributed by atoms with Crippen LogP contribution in [-0.2, 0) is 17.9 Å². The highest BCUT2D eigenvalue weighted by Gasteiger charge is 2.19. The monoisotopic (exact) mass is 243 g/mol. The Morgan fingerprint density at radius 2 is 2.22 bits per heavy atom. The largest absolute Gasteiger partial charge is 0.368 e. The zero-order chi connectivity index (χ0) is 12.5. The maximum atomic E-state index is 11.0. The lowest BCUT2D eigenvalue weighted by Gasteiger charge is -2.06. The molecule has 4 nitrogen and oxygen atoms in total. The average molecular weight is 243 g/mol. The van der Waals surface area contributed by atoms with Crippen LogP contribution < -0.4 is 11.1 Å². The van der Waals surface area contributed by atoms with E-state index >= 15 is 0 Å². The second kappa shape index (κ2) is 4.46. The molecule has 3 rings (SSSR count). The molecule has 1 fully saturated rings. The number of hydrogen-bond donors (Lipinski definition) is 2. The summed E-state index contributed by atoms with van der Waals surface area (Å²) in [6, 6.07) is 9.07. The first-order valence-electron chi connectivity index (χ1n) is 6.32. The van der Waals surface area contributed by atoms with Crippen LogP contribution in [-0.4, -0.2) is 16.5 Å². The molecule has 1 aromatic heterocycles. The zero-order valence-corrected chi connectivity index (χ0v) is 10.2. The summed E-state index contributed by atoms with van der Waals surface area (Å²) in [7, 11) is 0. The molecule has 0 radical (unpaired) electrons. The van der Waals surface area contributed by atoms with Crippen molar-refractivity contribution < 1.29 is 4.79 Å². The SMILES string of the molecule is NC(=O)Cn1ccc2ccc(CNC3CC3)cc21. The van der Waals surface area contributed by atoms with Gasteiger partial charge in [0.1, 0.15) is 6.54 Å². The van der Waals surface area contributed by atoms with E-state index in [4.69, 9.17) is 5.73 Å². The molecule has 18 heavy (non-hydrogen) atoms. The van der Waals surface area contributed by atoms with Crippen LogP contribution in [0, 0.1) is 0 Å². The Hall–Kier alpha value is -1.81. The summed E-state index contributed by atoms with van der Waals surface area (Å²) in [5, 5.41) is 4.63. The maximum absolute atomic E-state index is 11.0. The molecule has 0 unspecified atom stereocenters. The quantitative estimate of drug-likeness (QED) is 0.833. The summed E-state index contributed by atoms with van der Waals surface area (Å²) < 4.78 is 1.90. The number of benzene rings is 1. The number of aromatic nitrogens is 1. The Morgan fingerprint density at radius 3 is 2.94 bits per heavy atom. The van der Waals surface area contributed by atoms with Crippen molar-refractivity contribution >= 4 is 16.8 Å². The van der Waals surface area contributed by atoms with Crippen molar-refractivity contribution in [2.45, 2.75) is 32.0 Å². The molecule has 0 aliphatic heterocycles. The number of nitrogens with one attached hydrogen (secondary N) is 1. The molecule has 1 heterocycles. The third-order valence-electron chi connectivity index (χ3n) is 3.34. The van der Waals surface area contributed by atoms with Crippen LogP contribution in [0.25, 0.3) is 10.9 Å². The molecule has 1 amide bonds. The first-order chi connectivity index (χ1) is 8.72. The number of hydrogen-bond acceptors (Lipinski definition) is 2. The summed E-state index contributed by atoms with van der Waals surface area (Å²) in [4.78, 5) is 11.0. The van der Waals surface area contributed by atoms with Gasteiger partial charge in [-0.05, 0) is 35.9 Å². The molecule has 0 bridgehead atoms. The summed E-state index contributed by atoms with van der Waals surface area (Å²) in [5.74, 6) is -0.311. The molecule has 3 N–H and O–H groups in total. The van der Waals surface area contributed by atoms with E-state index in [-0.39, 0.29) is 12.5 Å². The first kappa shape index (κ1) is 11.3. The van der Waals surface area contributed by atoms with Gasteiger partial charge >= 0.3 is 0 Å². The molecule has 94 valence electrons. The minimum absolute atomic E-state index is 0.239. The van der Waals surface area contributed by atoms with Crippen molar-refractivity contribution in [3.8, 4) is 0 Å². The third kappa shape index (κ3) is 2.38. The fourth-order valence-corrected chi connectivity index (χ4v) is 2.19. The van der Waals surface area contributed by atoms with Crippen molar-refractivity contribution in [2.75, 3.05) is 0 Å². The molecule has 0 saturated heterocycles. The molecule has 2 aromatic rings. The Labute approximate surface area is 106 Å². The van der Waals surface area contributed by atoms with Gasteiger partial charge in [-0.2, -0.15) is 0 Å². The minimum atomic E-state index is -0.311. The van der Waals surface area contributed by atoms with Crippen LogP contribution >= 0.6 is 0 Å². The Bertz CT molecular complexity index is 584. The number of carbonyl (C=O) groups is 1. The molecular weight excluding hydrogens is 226 g/mol. The van der Waals surface area contributed by atoms with Crippen LogP contribution in [0.1, 0.15) is 18.4 Å². The molecule has 4 heteroatoms. The highest BCUT2D eigenvalue weighted by Crippen LogP contribution is 2.21. The van der Waals surface area contributed by atoms with E-state index in [0.29, 0.717) is 6.04 Å². The molecule has 0 spiro atoms. The molecule has 1 aliphatic rings. The van der Waals surface area contributed by atoms with E-state index < -0.39 is 0 Å². The summed E-state index contributed by atoms with van der Waals surface area (Å²) in [6.45, 7) is 1.13. The summed E-state index contributed by atoms with van der Waals surface area (Å²) >= 11 is 0. The number of carbonyl (C=O) groups excluding carboxylic acids is 1. The summed E-state index contributed by atoms with van der Waals surface area (Å²) in [6.07, 6.45) is 4.49. The van der Waals surface area contributed by atoms with Gasteiger partial charge in [-0.3, -0.25) is 4.79 Å². The van der Waals surface area contributed by atoms with Crippen LogP contribution in [0.2, 0.25) is 0 Å². The normalized spacial score (nSPS) is 15.1. The van der Waals surface area contributed by atoms with Crippen molar-refractivity contribution in [1.29, 1.82) is 0 Å². The third-order valence-corrected chi connectivity index (χ3v) is 3.34. The zero-order valence-electron chi connectivity index (χ0n) is 10.2. The van der Waals surface area contributed by atoms with E-state index in [1.54, 1.807) is 0 Å². The van der Waals surface area contributed by atoms with Gasteiger partial charge in [-0.1, -0.05) is 12.1 Å². The van der Waals surface area contributed by atoms with Crippen LogP contribution in [0.4, 0.5) is 0 Å². The molecule has 0 atom stereocenters. The number of fused-ring (bicyclic) bond motifs is 1. The average Bonchev–Trinajstić information content (AvgIpc) is 3.10. The number of nitrogens with two attached hydrogens (primary N) is 1. The predicted molar refractivity (Wildman–Crippen MR) is 71.0 cm³/mol. The van der Waals surface area contributed by atoms with Gasteiger partial charge in [0.25, 0.3) is 0 Å². The van der Waals surface area contributed by atoms with Gasteiger partial charge in [-0.15, -0.1) is 0 Å². The van der Waals surface area contributed by atoms with Gasteiger partial charge in [0.05, 0.1) is 0 Å². The molecule has 1 aromatic carbocycles. The maximum Gasteiger partial charge on any atom is 0.237 e. The van der Waals surface area contributed by atoms with Crippen molar-refractivity contribution in [2.24, 2.45) is 5.73 Å². The van der Waals surface area contributed by atoms with Crippen LogP contribution in [0.15, 0.2) is 30.5 Å². The van der Waals surface area contributed by atoms with Gasteiger partial charge in [0.2, 0.25) is 5.91 Å². The number of rotatable bonds is 5. The summed E-state index contributed by atoms with van der Waals surface area (Å²) in [5.41, 5.74) is 7.57. The Balaban J connectivity index is 1.85. The predicted octanol–water partition coefficient (Wildman–Crippen LogP) is 1.38. The number of amides is 1. The Kier molecular flexibility index (Phi) is 2.80. The lowest BCUT2D eigenvalue weighted by molar-refractivity contribution is -0.118. The second-order valence-electron chi connectivity index (χ2n) is 4.96. The van der Waals surface area contributed by atoms with E-state index in [0.717, 1.165) is 17.4 Å². The minimum Gasteiger partial charge on any atom is -0.368 e. The Morgan fingerprint density at radius 1 is 1.39 bits per heavy atom. The van der Waals surface area contributed by atoms with Gasteiger partial charge in [-0.25, -0.2) is 0 Å². The van der Waals surface area contributed by atoms with E-state index in [1.807, 2.05) is 16.8 Å². The number of primary amides is 1. The molecule has 1 saturated carbocycles. The van der Waals surface area contributed by atoms with Crippen molar-refractivity contribution in [3.63, 3.8) is 0 Å². The van der Waals surface area contributed by atoms with Gasteiger partial charge in [0.15, 0.2) is 0 Å². The smallest absolute Gasteiger partial charge is 0.237 e. The van der Waals surface area contributed by atoms with E-state index in [9.17, 15) is 4.79 Å². The van der Waals surface area contributed by atoms with Crippen molar-refractivity contribution in [3.05, 3.63) is 36.0 Å². The topological polar surface area (TPSA) is 60.1 Å². The standard InChI is InChI=1S/C14H17N3O/c15-14(18)9-17-6-5-11-2-1-10(7-13(11)17)8-16-12-3-4-12/h1-2,5-7,12,16H,3-4,8-9H2,(H2,15,18). The van der Waals surface area contributed by atoms with Gasteiger partial charge in [0, 0.05) is 24.3 Å². The fourth-order valence-electron chi connectivity index (χ4n) is 2.19. The lowest BCUT2D eigenvalue weighted by Crippen LogP contribution is -2.18. The molecular formula is C14H17N3O. The van der Waals surface area contributed by atoms with Crippen LogP contribution in [0.3, 0.4) is 0 Å². The van der Waals surface area contributed by atoms with Crippen LogP contribution in [0.5, 0.6) is 0 Å².